The summed E-state index contributed by atoms with van der Waals surface area (Å²) < 4.78 is 19.4. The summed E-state index contributed by atoms with van der Waals surface area (Å²) in [4.78, 5) is 12.4. The van der Waals surface area contributed by atoms with Crippen LogP contribution < -0.4 is 0 Å². The van der Waals surface area contributed by atoms with E-state index in [2.05, 4.69) is 9.05 Å². The average molecular weight is 195 g/mol. The van der Waals surface area contributed by atoms with Gasteiger partial charge in [-0.3, -0.25) is 0 Å². The lowest BCUT2D eigenvalue weighted by molar-refractivity contribution is 0.152. The van der Waals surface area contributed by atoms with E-state index >= 15 is 0 Å². The zero-order valence-electron chi connectivity index (χ0n) is 7.49. The summed E-state index contributed by atoms with van der Waals surface area (Å²) >= 11 is 0. The van der Waals surface area contributed by atoms with Crippen LogP contribution in [0.5, 0.6) is 0 Å². The van der Waals surface area contributed by atoms with Gasteiger partial charge in [-0.1, -0.05) is 0 Å². The van der Waals surface area contributed by atoms with Crippen molar-refractivity contribution >= 4 is 14.3 Å². The van der Waals surface area contributed by atoms with Crippen molar-refractivity contribution in [3.63, 3.8) is 0 Å². The highest BCUT2D eigenvalue weighted by atomic mass is 31.1. The van der Waals surface area contributed by atoms with Crippen molar-refractivity contribution in [1.29, 1.82) is 0 Å². The first kappa shape index (κ1) is 11.5. The van der Waals surface area contributed by atoms with Gasteiger partial charge < -0.3 is 13.9 Å². The van der Waals surface area contributed by atoms with E-state index in [-0.39, 0.29) is 0 Å². The van der Waals surface area contributed by atoms with Crippen LogP contribution in [0.1, 0.15) is 13.8 Å². The number of hydrogen-bond donors (Lipinski definition) is 0. The zero-order valence-corrected chi connectivity index (χ0v) is 8.49. The SMILES string of the molecule is CCN(CC)C(=O)O[PH](=O)OC. The molecule has 72 valence electrons. The van der Waals surface area contributed by atoms with Crippen LogP contribution in [0, 0.1) is 0 Å². The number of rotatable bonds is 4. The maximum Gasteiger partial charge on any atom is 0.416 e. The summed E-state index contributed by atoms with van der Waals surface area (Å²) in [6.07, 6.45) is -0.592. The third-order valence-corrected chi connectivity index (χ3v) is 2.03. The molecule has 0 saturated heterocycles. The molecule has 12 heavy (non-hydrogen) atoms. The van der Waals surface area contributed by atoms with E-state index in [9.17, 15) is 9.36 Å². The molecule has 0 radical (unpaired) electrons. The molecule has 0 spiro atoms. The van der Waals surface area contributed by atoms with Crippen LogP contribution in [0.4, 0.5) is 4.79 Å². The van der Waals surface area contributed by atoms with Crippen LogP contribution in [0.15, 0.2) is 0 Å². The first-order chi connectivity index (χ1) is 5.65. The Balaban J connectivity index is 3.92. The molecule has 0 bridgehead atoms. The maximum absolute atomic E-state index is 11.0. The summed E-state index contributed by atoms with van der Waals surface area (Å²) in [5.74, 6) is 0. The molecule has 1 atom stereocenters. The van der Waals surface area contributed by atoms with Crippen molar-refractivity contribution in [3.05, 3.63) is 0 Å². The third-order valence-electron chi connectivity index (χ3n) is 1.36. The summed E-state index contributed by atoms with van der Waals surface area (Å²) in [7, 11) is -1.40. The molecule has 1 unspecified atom stereocenters. The molecular weight excluding hydrogens is 181 g/mol. The average Bonchev–Trinajstić information content (AvgIpc) is 2.06. The van der Waals surface area contributed by atoms with Gasteiger partial charge in [0.1, 0.15) is 0 Å². The van der Waals surface area contributed by atoms with E-state index in [0.717, 1.165) is 0 Å². The Bertz CT molecular complexity index is 169. The molecule has 5 nitrogen and oxygen atoms in total. The molecule has 0 fully saturated rings. The van der Waals surface area contributed by atoms with E-state index in [1.807, 2.05) is 13.8 Å². The van der Waals surface area contributed by atoms with Crippen LogP contribution in [0.25, 0.3) is 0 Å². The molecule has 0 N–H and O–H groups in total. The maximum atomic E-state index is 11.0. The van der Waals surface area contributed by atoms with E-state index in [1.54, 1.807) is 0 Å². The Morgan fingerprint density at radius 1 is 1.42 bits per heavy atom. The first-order valence-corrected chi connectivity index (χ1v) is 4.92. The van der Waals surface area contributed by atoms with E-state index in [0.29, 0.717) is 13.1 Å². The Morgan fingerprint density at radius 2 is 1.92 bits per heavy atom. The van der Waals surface area contributed by atoms with Gasteiger partial charge in [0.25, 0.3) is 0 Å². The number of carbonyl (C=O) groups is 1. The number of hydrogen-bond acceptors (Lipinski definition) is 4. The molecule has 1 amide bonds. The van der Waals surface area contributed by atoms with Crippen molar-refractivity contribution in [1.82, 2.24) is 4.90 Å². The lowest BCUT2D eigenvalue weighted by Crippen LogP contribution is -2.29. The second-order valence-corrected chi connectivity index (χ2v) is 3.11. The Morgan fingerprint density at radius 3 is 2.25 bits per heavy atom. The fraction of sp³-hybridized carbons (Fsp3) is 0.833. The van der Waals surface area contributed by atoms with Crippen molar-refractivity contribution in [2.75, 3.05) is 20.2 Å². The number of nitrogens with zero attached hydrogens (tertiary/aromatic N) is 1. The van der Waals surface area contributed by atoms with Gasteiger partial charge in [0.2, 0.25) is 0 Å². The molecule has 0 rings (SSSR count). The summed E-state index contributed by atoms with van der Waals surface area (Å²) in [6, 6.07) is 0. The van der Waals surface area contributed by atoms with Gasteiger partial charge >= 0.3 is 14.3 Å². The molecule has 0 saturated carbocycles. The van der Waals surface area contributed by atoms with Gasteiger partial charge in [-0.2, -0.15) is 0 Å². The molecular formula is C6H14NO4P. The van der Waals surface area contributed by atoms with Gasteiger partial charge in [0.15, 0.2) is 0 Å². The van der Waals surface area contributed by atoms with Crippen molar-refractivity contribution in [3.8, 4) is 0 Å². The quantitative estimate of drug-likeness (QED) is 0.638. The normalized spacial score (nSPS) is 12.2. The van der Waals surface area contributed by atoms with Gasteiger partial charge in [-0.15, -0.1) is 0 Å². The van der Waals surface area contributed by atoms with E-state index in [1.165, 1.54) is 12.0 Å². The summed E-state index contributed by atoms with van der Waals surface area (Å²) in [5, 5.41) is 0. The molecule has 6 heteroatoms. The van der Waals surface area contributed by atoms with Gasteiger partial charge in [-0.05, 0) is 13.8 Å². The standard InChI is InChI=1S/C6H14NO4P/c1-4-7(5-2)6(8)11-12(9)10-3/h12H,4-5H2,1-3H3. The fourth-order valence-corrected chi connectivity index (χ4v) is 1.01. The smallest absolute Gasteiger partial charge is 0.377 e. The molecule has 0 aromatic carbocycles. The topological polar surface area (TPSA) is 55.8 Å². The lowest BCUT2D eigenvalue weighted by atomic mass is 10.6. The minimum absolute atomic E-state index is 0.536. The van der Waals surface area contributed by atoms with E-state index in [4.69, 9.17) is 0 Å². The van der Waals surface area contributed by atoms with Crippen molar-refractivity contribution in [2.45, 2.75) is 13.8 Å². The van der Waals surface area contributed by atoms with Crippen molar-refractivity contribution < 1.29 is 18.4 Å². The summed E-state index contributed by atoms with van der Waals surface area (Å²) in [5.41, 5.74) is 0. The number of carbonyl (C=O) groups excluding carboxylic acids is 1. The predicted molar refractivity (Wildman–Crippen MR) is 45.4 cm³/mol. The highest BCUT2D eigenvalue weighted by molar-refractivity contribution is 7.34. The lowest BCUT2D eigenvalue weighted by Gasteiger charge is -2.16. The Hall–Kier alpha value is -0.540. The first-order valence-electron chi connectivity index (χ1n) is 3.70. The van der Waals surface area contributed by atoms with Crippen LogP contribution in [-0.4, -0.2) is 31.2 Å². The predicted octanol–water partition coefficient (Wildman–Crippen LogP) is 1.50. The van der Waals surface area contributed by atoms with Crippen LogP contribution in [-0.2, 0) is 13.6 Å². The minimum atomic E-state index is -2.63. The van der Waals surface area contributed by atoms with E-state index < -0.39 is 14.3 Å². The van der Waals surface area contributed by atoms with Gasteiger partial charge in [-0.25, -0.2) is 9.36 Å². The number of amides is 1. The van der Waals surface area contributed by atoms with Crippen LogP contribution in [0.3, 0.4) is 0 Å². The monoisotopic (exact) mass is 195 g/mol. The Labute approximate surface area is 72.6 Å². The highest BCUT2D eigenvalue weighted by Gasteiger charge is 2.12. The largest absolute Gasteiger partial charge is 0.416 e. The van der Waals surface area contributed by atoms with Crippen LogP contribution >= 0.6 is 8.25 Å². The molecule has 0 aromatic heterocycles. The highest BCUT2D eigenvalue weighted by Crippen LogP contribution is 2.22. The van der Waals surface area contributed by atoms with Crippen molar-refractivity contribution in [2.24, 2.45) is 0 Å². The second-order valence-electron chi connectivity index (χ2n) is 1.99. The molecule has 0 aliphatic rings. The van der Waals surface area contributed by atoms with Crippen LogP contribution in [0.2, 0.25) is 0 Å². The fourth-order valence-electron chi connectivity index (χ4n) is 0.659. The van der Waals surface area contributed by atoms with Gasteiger partial charge in [0, 0.05) is 20.2 Å². The molecule has 0 aliphatic heterocycles. The minimum Gasteiger partial charge on any atom is -0.377 e. The second kappa shape index (κ2) is 6.03. The summed E-state index contributed by atoms with van der Waals surface area (Å²) in [6.45, 7) is 4.70. The molecule has 0 aromatic rings. The third kappa shape index (κ3) is 3.74. The molecule has 0 aliphatic carbocycles. The van der Waals surface area contributed by atoms with Gasteiger partial charge in [0.05, 0.1) is 0 Å². The zero-order chi connectivity index (χ0) is 9.56. The molecule has 0 heterocycles. The Kier molecular flexibility index (Phi) is 5.76.